The lowest BCUT2D eigenvalue weighted by molar-refractivity contribution is 0.484. The Balaban J connectivity index is 1.72. The predicted octanol–water partition coefficient (Wildman–Crippen LogP) is 2.79. The van der Waals surface area contributed by atoms with Gasteiger partial charge < -0.3 is 9.32 Å². The first kappa shape index (κ1) is 12.7. The van der Waals surface area contributed by atoms with Crippen LogP contribution in [0, 0.1) is 24.2 Å². The van der Waals surface area contributed by atoms with E-state index < -0.39 is 0 Å². The lowest BCUT2D eigenvalue weighted by Gasteiger charge is -2.29. The van der Waals surface area contributed by atoms with E-state index in [1.165, 1.54) is 0 Å². The molecule has 0 amide bonds. The molecular formula is C15H16N4O. The van der Waals surface area contributed by atoms with Crippen LogP contribution >= 0.6 is 0 Å². The summed E-state index contributed by atoms with van der Waals surface area (Å²) in [7, 11) is 0. The van der Waals surface area contributed by atoms with Gasteiger partial charge in [-0.3, -0.25) is 0 Å². The number of piperidine rings is 1. The first-order chi connectivity index (χ1) is 9.76. The number of aromatic nitrogens is 2. The van der Waals surface area contributed by atoms with Crippen LogP contribution in [0.2, 0.25) is 0 Å². The second-order valence-corrected chi connectivity index (χ2v) is 5.08. The number of aryl methyl sites for hydroxylation is 1. The summed E-state index contributed by atoms with van der Waals surface area (Å²) in [5.74, 6) is 2.66. The monoisotopic (exact) mass is 268 g/mol. The summed E-state index contributed by atoms with van der Waals surface area (Å²) >= 11 is 0. The van der Waals surface area contributed by atoms with Gasteiger partial charge in [-0.25, -0.2) is 0 Å². The molecule has 0 radical (unpaired) electrons. The van der Waals surface area contributed by atoms with Gasteiger partial charge in [-0.1, -0.05) is 0 Å². The Hall–Kier alpha value is -2.35. The molecule has 0 saturated carbocycles. The van der Waals surface area contributed by atoms with E-state index in [2.05, 4.69) is 21.2 Å². The van der Waals surface area contributed by atoms with Crippen molar-refractivity contribution in [2.75, 3.05) is 18.0 Å². The van der Waals surface area contributed by atoms with Crippen LogP contribution in [0.4, 0.5) is 5.82 Å². The maximum absolute atomic E-state index is 8.91. The van der Waals surface area contributed by atoms with Gasteiger partial charge >= 0.3 is 0 Å². The average molecular weight is 268 g/mol. The van der Waals surface area contributed by atoms with Crippen molar-refractivity contribution in [1.82, 2.24) is 10.2 Å². The van der Waals surface area contributed by atoms with Gasteiger partial charge in [0.2, 0.25) is 0 Å². The van der Waals surface area contributed by atoms with Crippen LogP contribution in [0.15, 0.2) is 28.7 Å². The van der Waals surface area contributed by atoms with Crippen LogP contribution < -0.4 is 4.90 Å². The van der Waals surface area contributed by atoms with Crippen LogP contribution in [-0.2, 0) is 0 Å². The van der Waals surface area contributed by atoms with Crippen LogP contribution in [0.5, 0.6) is 0 Å². The molecule has 1 saturated heterocycles. The average Bonchev–Trinajstić information content (AvgIpc) is 2.94. The Labute approximate surface area is 117 Å². The Bertz CT molecular complexity index is 618. The fourth-order valence-electron chi connectivity index (χ4n) is 2.44. The number of anilines is 1. The van der Waals surface area contributed by atoms with E-state index in [4.69, 9.17) is 9.68 Å². The van der Waals surface area contributed by atoms with Crippen molar-refractivity contribution in [3.63, 3.8) is 0 Å². The molecule has 2 aromatic rings. The summed E-state index contributed by atoms with van der Waals surface area (Å²) in [6, 6.07) is 10.0. The Morgan fingerprint density at radius 3 is 2.55 bits per heavy atom. The quantitative estimate of drug-likeness (QED) is 0.837. The number of rotatable bonds is 2. The van der Waals surface area contributed by atoms with Crippen molar-refractivity contribution >= 4 is 5.82 Å². The molecule has 0 aliphatic carbocycles. The van der Waals surface area contributed by atoms with Crippen LogP contribution in [0.1, 0.15) is 18.6 Å². The Morgan fingerprint density at radius 2 is 2.00 bits per heavy atom. The molecule has 5 nitrogen and oxygen atoms in total. The topological polar surface area (TPSA) is 66.0 Å². The largest absolute Gasteiger partial charge is 0.460 e. The highest BCUT2D eigenvalue weighted by molar-refractivity contribution is 5.53. The molecule has 1 aliphatic rings. The van der Waals surface area contributed by atoms with Crippen LogP contribution in [0.3, 0.4) is 0 Å². The molecule has 0 bridgehead atoms. The predicted molar refractivity (Wildman–Crippen MR) is 75.0 cm³/mol. The van der Waals surface area contributed by atoms with Gasteiger partial charge in [0, 0.05) is 19.0 Å². The summed E-state index contributed by atoms with van der Waals surface area (Å²) < 4.78 is 5.53. The molecule has 1 aliphatic heterocycles. The van der Waals surface area contributed by atoms with Crippen molar-refractivity contribution in [2.24, 2.45) is 5.92 Å². The first-order valence-electron chi connectivity index (χ1n) is 6.81. The maximum atomic E-state index is 8.91. The third kappa shape index (κ3) is 2.50. The molecule has 102 valence electrons. The Morgan fingerprint density at radius 1 is 1.20 bits per heavy atom. The van der Waals surface area contributed by atoms with Crippen molar-refractivity contribution in [2.45, 2.75) is 19.8 Å². The van der Waals surface area contributed by atoms with E-state index in [-0.39, 0.29) is 5.92 Å². The van der Waals surface area contributed by atoms with E-state index in [0.717, 1.165) is 49.0 Å². The second kappa shape index (κ2) is 5.33. The number of hydrogen-bond donors (Lipinski definition) is 0. The summed E-state index contributed by atoms with van der Waals surface area (Å²) in [6.45, 7) is 3.64. The number of nitrogens with zero attached hydrogens (tertiary/aromatic N) is 4. The zero-order valence-corrected chi connectivity index (χ0v) is 11.4. The van der Waals surface area contributed by atoms with Crippen LogP contribution in [0.25, 0.3) is 11.5 Å². The van der Waals surface area contributed by atoms with E-state index >= 15 is 0 Å². The molecule has 2 aromatic heterocycles. The normalized spacial score (nSPS) is 16.1. The first-order valence-corrected chi connectivity index (χ1v) is 6.81. The van der Waals surface area contributed by atoms with Gasteiger partial charge in [0.1, 0.15) is 11.5 Å². The zero-order chi connectivity index (χ0) is 13.9. The highest BCUT2D eigenvalue weighted by Gasteiger charge is 2.20. The number of furan rings is 1. The van der Waals surface area contributed by atoms with E-state index in [1.54, 1.807) is 0 Å². The van der Waals surface area contributed by atoms with Crippen molar-refractivity contribution in [3.05, 3.63) is 30.0 Å². The van der Waals surface area contributed by atoms with Gasteiger partial charge in [0.05, 0.1) is 6.07 Å². The molecule has 0 spiro atoms. The molecule has 20 heavy (non-hydrogen) atoms. The molecular weight excluding hydrogens is 252 g/mol. The Kier molecular flexibility index (Phi) is 3.38. The third-order valence-electron chi connectivity index (χ3n) is 3.64. The molecule has 0 aromatic carbocycles. The second-order valence-electron chi connectivity index (χ2n) is 5.08. The third-order valence-corrected chi connectivity index (χ3v) is 3.64. The molecule has 5 heteroatoms. The minimum atomic E-state index is 0.185. The minimum Gasteiger partial charge on any atom is -0.460 e. The van der Waals surface area contributed by atoms with Gasteiger partial charge in [0.15, 0.2) is 11.6 Å². The highest BCUT2D eigenvalue weighted by Crippen LogP contribution is 2.23. The molecule has 3 rings (SSSR count). The van der Waals surface area contributed by atoms with E-state index in [0.29, 0.717) is 0 Å². The van der Waals surface area contributed by atoms with Crippen LogP contribution in [-0.4, -0.2) is 23.3 Å². The fraction of sp³-hybridized carbons (Fsp3) is 0.400. The SMILES string of the molecule is Cc1ccc(-c2ccc(N3CCC(C#N)CC3)nn2)o1. The molecule has 0 N–H and O–H groups in total. The fourth-order valence-corrected chi connectivity index (χ4v) is 2.44. The summed E-state index contributed by atoms with van der Waals surface area (Å²) in [4.78, 5) is 2.18. The zero-order valence-electron chi connectivity index (χ0n) is 11.4. The van der Waals surface area contributed by atoms with Gasteiger partial charge in [-0.2, -0.15) is 5.26 Å². The lowest BCUT2D eigenvalue weighted by Crippen LogP contribution is -2.33. The molecule has 0 atom stereocenters. The van der Waals surface area contributed by atoms with Crippen molar-refractivity contribution in [3.8, 4) is 17.5 Å². The highest BCUT2D eigenvalue weighted by atomic mass is 16.3. The van der Waals surface area contributed by atoms with E-state index in [9.17, 15) is 0 Å². The maximum Gasteiger partial charge on any atom is 0.154 e. The standard InChI is InChI=1S/C15H16N4O/c1-11-2-4-14(20-11)13-3-5-15(18-17-13)19-8-6-12(10-16)7-9-19/h2-5,12H,6-9H2,1H3. The van der Waals surface area contributed by atoms with Gasteiger partial charge in [0.25, 0.3) is 0 Å². The van der Waals surface area contributed by atoms with E-state index in [1.807, 2.05) is 31.2 Å². The molecule has 1 fully saturated rings. The van der Waals surface area contributed by atoms with Crippen molar-refractivity contribution in [1.29, 1.82) is 5.26 Å². The molecule has 3 heterocycles. The summed E-state index contributed by atoms with van der Waals surface area (Å²) in [5, 5.41) is 17.4. The number of nitriles is 1. The smallest absolute Gasteiger partial charge is 0.154 e. The van der Waals surface area contributed by atoms with Crippen molar-refractivity contribution < 1.29 is 4.42 Å². The van der Waals surface area contributed by atoms with Gasteiger partial charge in [-0.15, -0.1) is 10.2 Å². The molecule has 0 unspecified atom stereocenters. The van der Waals surface area contributed by atoms with Gasteiger partial charge in [-0.05, 0) is 44.0 Å². The summed E-state index contributed by atoms with van der Waals surface area (Å²) in [5.41, 5.74) is 0.744. The summed E-state index contributed by atoms with van der Waals surface area (Å²) in [6.07, 6.45) is 1.80. The minimum absolute atomic E-state index is 0.185. The lowest BCUT2D eigenvalue weighted by atomic mass is 9.99. The number of hydrogen-bond acceptors (Lipinski definition) is 5.